The Kier molecular flexibility index (Phi) is 5.57. The molecule has 0 spiro atoms. The minimum atomic E-state index is -0.0463. The van der Waals surface area contributed by atoms with Crippen LogP contribution in [0.25, 0.3) is 0 Å². The number of amides is 1. The molecule has 5 rings (SSSR count). The van der Waals surface area contributed by atoms with Crippen molar-refractivity contribution in [3.05, 3.63) is 76.8 Å². The summed E-state index contributed by atoms with van der Waals surface area (Å²) in [4.78, 5) is 15.1. The highest BCUT2D eigenvalue weighted by Gasteiger charge is 2.38. The summed E-state index contributed by atoms with van der Waals surface area (Å²) in [7, 11) is 0. The van der Waals surface area contributed by atoms with Gasteiger partial charge in [0, 0.05) is 19.7 Å². The van der Waals surface area contributed by atoms with Gasteiger partial charge in [0.2, 0.25) is 11.0 Å². The average Bonchev–Trinajstić information content (AvgIpc) is 3.43. The van der Waals surface area contributed by atoms with E-state index in [1.807, 2.05) is 12.1 Å². The zero-order valence-corrected chi connectivity index (χ0v) is 17.4. The molecule has 1 amide bonds. The molecule has 2 saturated heterocycles. The fourth-order valence-electron chi connectivity index (χ4n) is 4.17. The SMILES string of the molecule is O=C(Nc1nnc(C2CCCO2)s1)C1CN(C(c2ccccc2)c2ccccc2)C1. The van der Waals surface area contributed by atoms with Crippen LogP contribution < -0.4 is 5.32 Å². The normalized spacial score (nSPS) is 19.7. The van der Waals surface area contributed by atoms with Crippen LogP contribution in [0.1, 0.15) is 41.1 Å². The van der Waals surface area contributed by atoms with Crippen molar-refractivity contribution in [2.24, 2.45) is 5.92 Å². The van der Waals surface area contributed by atoms with Crippen LogP contribution in [0, 0.1) is 5.92 Å². The van der Waals surface area contributed by atoms with Gasteiger partial charge in [0.05, 0.1) is 12.0 Å². The summed E-state index contributed by atoms with van der Waals surface area (Å²) >= 11 is 1.42. The van der Waals surface area contributed by atoms with E-state index >= 15 is 0 Å². The van der Waals surface area contributed by atoms with Gasteiger partial charge in [-0.1, -0.05) is 72.0 Å². The van der Waals surface area contributed by atoms with Crippen LogP contribution >= 0.6 is 11.3 Å². The molecule has 0 aliphatic carbocycles. The van der Waals surface area contributed by atoms with E-state index in [1.54, 1.807) is 0 Å². The Morgan fingerprint density at radius 1 is 1.03 bits per heavy atom. The summed E-state index contributed by atoms with van der Waals surface area (Å²) in [5.41, 5.74) is 2.49. The zero-order chi connectivity index (χ0) is 20.3. The molecule has 1 atom stereocenters. The minimum Gasteiger partial charge on any atom is -0.371 e. The van der Waals surface area contributed by atoms with Crippen LogP contribution in [-0.4, -0.2) is 40.7 Å². The van der Waals surface area contributed by atoms with Crippen molar-refractivity contribution >= 4 is 22.4 Å². The third kappa shape index (κ3) is 4.01. The van der Waals surface area contributed by atoms with E-state index < -0.39 is 0 Å². The van der Waals surface area contributed by atoms with Crippen LogP contribution in [0.4, 0.5) is 5.13 Å². The molecule has 154 valence electrons. The van der Waals surface area contributed by atoms with Crippen molar-refractivity contribution < 1.29 is 9.53 Å². The molecule has 2 aliphatic rings. The first kappa shape index (κ1) is 19.4. The van der Waals surface area contributed by atoms with Crippen LogP contribution in [0.15, 0.2) is 60.7 Å². The smallest absolute Gasteiger partial charge is 0.231 e. The van der Waals surface area contributed by atoms with Crippen molar-refractivity contribution in [3.8, 4) is 0 Å². The van der Waals surface area contributed by atoms with E-state index in [0.29, 0.717) is 5.13 Å². The number of rotatable bonds is 6. The zero-order valence-electron chi connectivity index (χ0n) is 16.6. The summed E-state index contributed by atoms with van der Waals surface area (Å²) in [5, 5.41) is 12.7. The van der Waals surface area contributed by atoms with Gasteiger partial charge in [-0.15, -0.1) is 10.2 Å². The van der Waals surface area contributed by atoms with E-state index in [-0.39, 0.29) is 24.0 Å². The molecule has 1 unspecified atom stereocenters. The quantitative estimate of drug-likeness (QED) is 0.652. The number of nitrogens with one attached hydrogen (secondary N) is 1. The summed E-state index contributed by atoms with van der Waals surface area (Å²) < 4.78 is 5.65. The van der Waals surface area contributed by atoms with Gasteiger partial charge in [0.25, 0.3) is 0 Å². The van der Waals surface area contributed by atoms with Gasteiger partial charge in [-0.3, -0.25) is 9.69 Å². The third-order valence-corrected chi connectivity index (χ3v) is 6.68. The number of hydrogen-bond acceptors (Lipinski definition) is 6. The average molecular weight is 421 g/mol. The molecule has 2 fully saturated rings. The number of likely N-dealkylation sites (tertiary alicyclic amines) is 1. The number of carbonyl (C=O) groups excluding carboxylic acids is 1. The Bertz CT molecular complexity index is 943. The second-order valence-corrected chi connectivity index (χ2v) is 8.82. The largest absolute Gasteiger partial charge is 0.371 e. The van der Waals surface area contributed by atoms with Gasteiger partial charge in [0.15, 0.2) is 0 Å². The predicted octanol–water partition coefficient (Wildman–Crippen LogP) is 4.05. The second kappa shape index (κ2) is 8.63. The molecular weight excluding hydrogens is 396 g/mol. The molecule has 3 heterocycles. The summed E-state index contributed by atoms with van der Waals surface area (Å²) in [6.45, 7) is 2.21. The molecule has 1 aromatic heterocycles. The second-order valence-electron chi connectivity index (χ2n) is 7.81. The van der Waals surface area contributed by atoms with E-state index in [1.165, 1.54) is 22.5 Å². The van der Waals surface area contributed by atoms with Crippen molar-refractivity contribution in [1.82, 2.24) is 15.1 Å². The van der Waals surface area contributed by atoms with Gasteiger partial charge in [-0.05, 0) is 24.0 Å². The molecular formula is C23H24N4O2S. The predicted molar refractivity (Wildman–Crippen MR) is 116 cm³/mol. The lowest BCUT2D eigenvalue weighted by Crippen LogP contribution is -2.53. The maximum Gasteiger partial charge on any atom is 0.231 e. The summed E-state index contributed by atoms with van der Waals surface area (Å²) in [5.74, 6) is -0.0313. The monoisotopic (exact) mass is 420 g/mol. The first-order chi connectivity index (χ1) is 14.8. The molecule has 0 radical (unpaired) electrons. The lowest BCUT2D eigenvalue weighted by molar-refractivity contribution is -0.125. The lowest BCUT2D eigenvalue weighted by atomic mass is 9.90. The third-order valence-electron chi connectivity index (χ3n) is 5.75. The molecule has 0 saturated carbocycles. The Morgan fingerprint density at radius 2 is 1.70 bits per heavy atom. The standard InChI is InChI=1S/C23H24N4O2S/c28-21(24-23-26-25-22(30-23)19-12-7-13-29-19)18-14-27(15-18)20(16-8-3-1-4-9-16)17-10-5-2-6-11-17/h1-6,8-11,18-20H,7,12-15H2,(H,24,26,28). The molecule has 2 aromatic carbocycles. The fourth-order valence-corrected chi connectivity index (χ4v) is 5.00. The molecule has 30 heavy (non-hydrogen) atoms. The number of hydrogen-bond donors (Lipinski definition) is 1. The molecule has 3 aromatic rings. The fraction of sp³-hybridized carbons (Fsp3) is 0.348. The van der Waals surface area contributed by atoms with E-state index in [4.69, 9.17) is 4.74 Å². The van der Waals surface area contributed by atoms with Gasteiger partial charge < -0.3 is 10.1 Å². The molecule has 6 nitrogen and oxygen atoms in total. The number of aromatic nitrogens is 2. The molecule has 1 N–H and O–H groups in total. The molecule has 7 heteroatoms. The summed E-state index contributed by atoms with van der Waals surface area (Å²) in [6, 6.07) is 21.1. The minimum absolute atomic E-state index is 0.0150. The maximum absolute atomic E-state index is 12.7. The van der Waals surface area contributed by atoms with Crippen LogP contribution in [-0.2, 0) is 9.53 Å². The first-order valence-electron chi connectivity index (χ1n) is 10.4. The maximum atomic E-state index is 12.7. The van der Waals surface area contributed by atoms with E-state index in [0.717, 1.165) is 37.5 Å². The topological polar surface area (TPSA) is 67.3 Å². The molecule has 0 bridgehead atoms. The highest BCUT2D eigenvalue weighted by molar-refractivity contribution is 7.15. The molecule has 2 aliphatic heterocycles. The number of benzene rings is 2. The van der Waals surface area contributed by atoms with Gasteiger partial charge >= 0.3 is 0 Å². The van der Waals surface area contributed by atoms with Gasteiger partial charge in [-0.25, -0.2) is 0 Å². The number of anilines is 1. The van der Waals surface area contributed by atoms with Crippen molar-refractivity contribution in [2.45, 2.75) is 25.0 Å². The first-order valence-corrected chi connectivity index (χ1v) is 11.2. The lowest BCUT2D eigenvalue weighted by Gasteiger charge is -2.43. The van der Waals surface area contributed by atoms with Crippen molar-refractivity contribution in [2.75, 3.05) is 25.0 Å². The van der Waals surface area contributed by atoms with E-state index in [2.05, 4.69) is 68.9 Å². The van der Waals surface area contributed by atoms with E-state index in [9.17, 15) is 4.79 Å². The number of ether oxygens (including phenoxy) is 1. The van der Waals surface area contributed by atoms with Gasteiger partial charge in [0.1, 0.15) is 11.1 Å². The highest BCUT2D eigenvalue weighted by Crippen LogP contribution is 2.35. The van der Waals surface area contributed by atoms with Crippen molar-refractivity contribution in [1.29, 1.82) is 0 Å². The summed E-state index contributed by atoms with van der Waals surface area (Å²) in [6.07, 6.45) is 2.05. The Hall–Kier alpha value is -2.61. The highest BCUT2D eigenvalue weighted by atomic mass is 32.1. The Labute approximate surface area is 179 Å². The Morgan fingerprint density at radius 3 is 2.30 bits per heavy atom. The number of carbonyl (C=O) groups is 1. The van der Waals surface area contributed by atoms with Gasteiger partial charge in [-0.2, -0.15) is 0 Å². The van der Waals surface area contributed by atoms with Crippen LogP contribution in [0.2, 0.25) is 0 Å². The van der Waals surface area contributed by atoms with Crippen molar-refractivity contribution in [3.63, 3.8) is 0 Å². The number of nitrogens with zero attached hydrogens (tertiary/aromatic N) is 3. The van der Waals surface area contributed by atoms with Crippen LogP contribution in [0.5, 0.6) is 0 Å². The Balaban J connectivity index is 1.23. The van der Waals surface area contributed by atoms with Crippen LogP contribution in [0.3, 0.4) is 0 Å².